The van der Waals surface area contributed by atoms with Gasteiger partial charge >= 0.3 is 0 Å². The van der Waals surface area contributed by atoms with E-state index in [4.69, 9.17) is 9.51 Å². The number of aromatic nitrogens is 2. The van der Waals surface area contributed by atoms with E-state index in [1.165, 1.54) is 4.31 Å². The van der Waals surface area contributed by atoms with Crippen LogP contribution in [0.1, 0.15) is 51.5 Å². The van der Waals surface area contributed by atoms with Gasteiger partial charge in [0.2, 0.25) is 10.0 Å². The van der Waals surface area contributed by atoms with E-state index in [-0.39, 0.29) is 29.7 Å². The first-order valence-electron chi connectivity index (χ1n) is 11.4. The monoisotopic (exact) mass is 468 g/mol. The molecule has 2 aliphatic rings. The first-order valence-corrected chi connectivity index (χ1v) is 12.9. The van der Waals surface area contributed by atoms with Crippen molar-refractivity contribution in [3.05, 3.63) is 52.0 Å². The number of rotatable bonds is 3. The number of nitrogens with zero attached hydrogens (tertiary/aromatic N) is 4. The first-order chi connectivity index (χ1) is 15.8. The van der Waals surface area contributed by atoms with Crippen molar-refractivity contribution in [3.8, 4) is 0 Å². The van der Waals surface area contributed by atoms with Gasteiger partial charge in [0.1, 0.15) is 10.6 Å². The summed E-state index contributed by atoms with van der Waals surface area (Å²) in [6, 6.07) is 6.06. The fraction of sp³-hybridized carbons (Fsp3) is 0.458. The highest BCUT2D eigenvalue weighted by molar-refractivity contribution is 7.89. The SMILES string of the molecule is Cc1ccc2nc3c(c(C(=O)N4CCN(S(=O)(=O)c5c(C)noc5C)CC4)c2c1)CCCC3. The molecule has 1 aliphatic carbocycles. The molecule has 5 rings (SSSR count). The Morgan fingerprint density at radius 3 is 2.45 bits per heavy atom. The third-order valence-corrected chi connectivity index (χ3v) is 8.87. The summed E-state index contributed by atoms with van der Waals surface area (Å²) in [6.07, 6.45) is 3.88. The van der Waals surface area contributed by atoms with Gasteiger partial charge in [-0.05, 0) is 64.2 Å². The second-order valence-electron chi connectivity index (χ2n) is 8.99. The van der Waals surface area contributed by atoms with Crippen LogP contribution >= 0.6 is 0 Å². The lowest BCUT2D eigenvalue weighted by Gasteiger charge is -2.35. The van der Waals surface area contributed by atoms with E-state index in [1.54, 1.807) is 18.7 Å². The lowest BCUT2D eigenvalue weighted by molar-refractivity contribution is 0.0698. The number of aryl methyl sites for hydroxylation is 4. The van der Waals surface area contributed by atoms with Crippen molar-refractivity contribution in [2.45, 2.75) is 51.3 Å². The molecule has 0 bridgehead atoms. The van der Waals surface area contributed by atoms with Gasteiger partial charge in [0, 0.05) is 37.3 Å². The second kappa shape index (κ2) is 8.22. The van der Waals surface area contributed by atoms with Gasteiger partial charge in [0.25, 0.3) is 5.91 Å². The van der Waals surface area contributed by atoms with Crippen molar-refractivity contribution in [3.63, 3.8) is 0 Å². The number of sulfonamides is 1. The highest BCUT2D eigenvalue weighted by atomic mass is 32.2. The molecule has 3 aromatic rings. The predicted octanol–water partition coefficient (Wildman–Crippen LogP) is 3.17. The Morgan fingerprint density at radius 2 is 1.76 bits per heavy atom. The van der Waals surface area contributed by atoms with Crippen LogP contribution in [-0.4, -0.2) is 59.8 Å². The molecule has 0 unspecified atom stereocenters. The van der Waals surface area contributed by atoms with E-state index < -0.39 is 10.0 Å². The number of piperazine rings is 1. The molecule has 0 radical (unpaired) electrons. The normalized spacial score (nSPS) is 17.4. The average molecular weight is 469 g/mol. The van der Waals surface area contributed by atoms with Crippen LogP contribution in [0.4, 0.5) is 0 Å². The molecule has 0 saturated carbocycles. The van der Waals surface area contributed by atoms with Crippen LogP contribution in [0.2, 0.25) is 0 Å². The molecule has 1 fully saturated rings. The Morgan fingerprint density at radius 1 is 1.03 bits per heavy atom. The molecular formula is C24H28N4O4S. The van der Waals surface area contributed by atoms with Crippen LogP contribution in [0.25, 0.3) is 10.9 Å². The molecule has 8 nitrogen and oxygen atoms in total. The summed E-state index contributed by atoms with van der Waals surface area (Å²) in [5.74, 6) is 0.261. The predicted molar refractivity (Wildman–Crippen MR) is 124 cm³/mol. The van der Waals surface area contributed by atoms with Gasteiger partial charge < -0.3 is 9.42 Å². The molecule has 1 aliphatic heterocycles. The lowest BCUT2D eigenvalue weighted by Crippen LogP contribution is -2.50. The Labute approximate surface area is 193 Å². The van der Waals surface area contributed by atoms with Crippen molar-refractivity contribution >= 4 is 26.8 Å². The van der Waals surface area contributed by atoms with Crippen molar-refractivity contribution in [1.29, 1.82) is 0 Å². The van der Waals surface area contributed by atoms with Gasteiger partial charge in [-0.15, -0.1) is 0 Å². The molecule has 174 valence electrons. The fourth-order valence-corrected chi connectivity index (χ4v) is 6.76. The summed E-state index contributed by atoms with van der Waals surface area (Å²) < 4.78 is 32.8. The Bertz CT molecular complexity index is 1340. The van der Waals surface area contributed by atoms with Gasteiger partial charge in [0.15, 0.2) is 5.76 Å². The van der Waals surface area contributed by atoms with Crippen molar-refractivity contribution in [2.24, 2.45) is 0 Å². The van der Waals surface area contributed by atoms with Crippen LogP contribution in [-0.2, 0) is 22.9 Å². The maximum absolute atomic E-state index is 13.8. The van der Waals surface area contributed by atoms with Gasteiger partial charge in [-0.3, -0.25) is 9.78 Å². The van der Waals surface area contributed by atoms with E-state index >= 15 is 0 Å². The first kappa shape index (κ1) is 22.0. The van der Waals surface area contributed by atoms with E-state index in [1.807, 2.05) is 25.1 Å². The van der Waals surface area contributed by atoms with Gasteiger partial charge in [-0.2, -0.15) is 4.31 Å². The number of benzene rings is 1. The summed E-state index contributed by atoms with van der Waals surface area (Å²) in [5.41, 5.74) is 5.14. The molecule has 0 N–H and O–H groups in total. The molecule has 9 heteroatoms. The third-order valence-electron chi connectivity index (χ3n) is 6.72. The molecule has 0 atom stereocenters. The Balaban J connectivity index is 1.45. The molecular weight excluding hydrogens is 440 g/mol. The van der Waals surface area contributed by atoms with Crippen molar-refractivity contribution in [1.82, 2.24) is 19.3 Å². The number of fused-ring (bicyclic) bond motifs is 2. The Kier molecular flexibility index (Phi) is 5.49. The number of amides is 1. The number of hydrogen-bond acceptors (Lipinski definition) is 6. The zero-order chi connectivity index (χ0) is 23.3. The smallest absolute Gasteiger partial charge is 0.254 e. The third kappa shape index (κ3) is 3.73. The number of pyridine rings is 1. The summed E-state index contributed by atoms with van der Waals surface area (Å²) in [5, 5.41) is 4.68. The molecule has 2 aromatic heterocycles. The van der Waals surface area contributed by atoms with Crippen LogP contribution in [0, 0.1) is 20.8 Å². The number of carbonyl (C=O) groups is 1. The second-order valence-corrected chi connectivity index (χ2v) is 10.9. The average Bonchev–Trinajstić information content (AvgIpc) is 3.15. The van der Waals surface area contributed by atoms with Crippen LogP contribution in [0.5, 0.6) is 0 Å². The van der Waals surface area contributed by atoms with E-state index in [2.05, 4.69) is 5.16 Å². The van der Waals surface area contributed by atoms with Crippen LogP contribution in [0.15, 0.2) is 27.6 Å². The van der Waals surface area contributed by atoms with Crippen molar-refractivity contribution in [2.75, 3.05) is 26.2 Å². The molecule has 33 heavy (non-hydrogen) atoms. The highest BCUT2D eigenvalue weighted by Crippen LogP contribution is 2.31. The van der Waals surface area contributed by atoms with Crippen LogP contribution < -0.4 is 0 Å². The summed E-state index contributed by atoms with van der Waals surface area (Å²) in [6.45, 7) is 6.41. The fourth-order valence-electron chi connectivity index (χ4n) is 5.04. The lowest BCUT2D eigenvalue weighted by atomic mass is 9.89. The maximum atomic E-state index is 13.8. The zero-order valence-corrected chi connectivity index (χ0v) is 20.0. The molecule has 1 aromatic carbocycles. The largest absolute Gasteiger partial charge is 0.360 e. The van der Waals surface area contributed by atoms with Gasteiger partial charge in [-0.1, -0.05) is 16.8 Å². The zero-order valence-electron chi connectivity index (χ0n) is 19.2. The van der Waals surface area contributed by atoms with E-state index in [0.29, 0.717) is 18.8 Å². The van der Waals surface area contributed by atoms with E-state index in [0.717, 1.165) is 59.0 Å². The molecule has 1 saturated heterocycles. The standard InChI is InChI=1S/C24H28N4O4S/c1-15-8-9-21-19(14-15)22(18-6-4-5-7-20(18)25-21)24(29)27-10-12-28(13-11-27)33(30,31)23-16(2)26-32-17(23)3/h8-9,14H,4-7,10-13H2,1-3H3. The quantitative estimate of drug-likeness (QED) is 0.586. The molecule has 3 heterocycles. The molecule has 1 amide bonds. The molecule has 0 spiro atoms. The number of carbonyl (C=O) groups excluding carboxylic acids is 1. The van der Waals surface area contributed by atoms with Gasteiger partial charge in [0.05, 0.1) is 11.1 Å². The summed E-state index contributed by atoms with van der Waals surface area (Å²) in [7, 11) is -3.72. The summed E-state index contributed by atoms with van der Waals surface area (Å²) >= 11 is 0. The van der Waals surface area contributed by atoms with Crippen LogP contribution in [0.3, 0.4) is 0 Å². The van der Waals surface area contributed by atoms with Gasteiger partial charge in [-0.25, -0.2) is 8.42 Å². The summed E-state index contributed by atoms with van der Waals surface area (Å²) in [4.78, 5) is 20.6. The Hall–Kier alpha value is -2.78. The number of hydrogen-bond donors (Lipinski definition) is 0. The van der Waals surface area contributed by atoms with E-state index in [9.17, 15) is 13.2 Å². The minimum Gasteiger partial charge on any atom is -0.360 e. The minimum atomic E-state index is -3.72. The highest BCUT2D eigenvalue weighted by Gasteiger charge is 2.35. The topological polar surface area (TPSA) is 96.6 Å². The minimum absolute atomic E-state index is 0.0273. The van der Waals surface area contributed by atoms with Crippen molar-refractivity contribution < 1.29 is 17.7 Å². The maximum Gasteiger partial charge on any atom is 0.254 e.